The molecule has 0 amide bonds. The first-order valence-corrected chi connectivity index (χ1v) is 8.07. The Hall–Kier alpha value is -2.36. The van der Waals surface area contributed by atoms with E-state index in [1.165, 1.54) is 6.07 Å². The lowest BCUT2D eigenvalue weighted by atomic mass is 9.79. The summed E-state index contributed by atoms with van der Waals surface area (Å²) >= 11 is 0.982. The number of ketones is 2. The molecule has 4 rings (SSSR count). The Kier molecular flexibility index (Phi) is 3.56. The number of nitrogens with zero attached hydrogens (tertiary/aromatic N) is 1. The van der Waals surface area contributed by atoms with Crippen LogP contribution >= 0.6 is 11.3 Å². The average molecular weight is 348 g/mol. The van der Waals surface area contributed by atoms with E-state index in [1.807, 2.05) is 0 Å². The van der Waals surface area contributed by atoms with Crippen molar-refractivity contribution in [2.24, 2.45) is 0 Å². The second-order valence-electron chi connectivity index (χ2n) is 5.61. The van der Waals surface area contributed by atoms with Crippen LogP contribution in [0.1, 0.15) is 10.8 Å². The van der Waals surface area contributed by atoms with Crippen LogP contribution in [0.15, 0.2) is 34.7 Å². The van der Waals surface area contributed by atoms with Gasteiger partial charge in [0.05, 0.1) is 24.1 Å². The second kappa shape index (κ2) is 5.62. The molecule has 9 heteroatoms. The van der Waals surface area contributed by atoms with Crippen molar-refractivity contribution in [3.8, 4) is 0 Å². The third-order valence-electron chi connectivity index (χ3n) is 4.17. The van der Waals surface area contributed by atoms with E-state index < -0.39 is 10.8 Å². The quantitative estimate of drug-likeness (QED) is 0.628. The van der Waals surface area contributed by atoms with Gasteiger partial charge in [0, 0.05) is 33.5 Å². The highest BCUT2D eigenvalue weighted by Crippen LogP contribution is 2.44. The number of Topliss-reactive ketones (excluding diaryl/α,β-unsaturated/α-hetero) is 2. The van der Waals surface area contributed by atoms with Crippen LogP contribution in [-0.4, -0.2) is 42.9 Å². The van der Waals surface area contributed by atoms with Gasteiger partial charge >= 0.3 is 5.00 Å². The fourth-order valence-corrected chi connectivity index (χ4v) is 4.16. The van der Waals surface area contributed by atoms with Crippen molar-refractivity contribution in [1.82, 2.24) is 5.32 Å². The molecule has 124 valence electrons. The lowest BCUT2D eigenvalue weighted by Gasteiger charge is -2.36. The summed E-state index contributed by atoms with van der Waals surface area (Å²) in [4.78, 5) is 36.0. The molecular weight excluding hydrogens is 336 g/mol. The Labute approximate surface area is 139 Å². The van der Waals surface area contributed by atoms with Crippen LogP contribution in [0.3, 0.4) is 0 Å². The summed E-state index contributed by atoms with van der Waals surface area (Å²) in [6.07, 6.45) is 0. The van der Waals surface area contributed by atoms with Crippen LogP contribution < -0.4 is 5.32 Å². The van der Waals surface area contributed by atoms with Crippen LogP contribution in [-0.2, 0) is 19.1 Å². The zero-order valence-electron chi connectivity index (χ0n) is 12.4. The van der Waals surface area contributed by atoms with E-state index in [0.717, 1.165) is 11.3 Å². The van der Waals surface area contributed by atoms with Gasteiger partial charge in [0.15, 0.2) is 11.6 Å². The predicted octanol–water partition coefficient (Wildman–Crippen LogP) is 1.05. The summed E-state index contributed by atoms with van der Waals surface area (Å²) in [6.45, 7) is 0.349. The molecule has 24 heavy (non-hydrogen) atoms. The number of rotatable bonds is 2. The minimum Gasteiger partial charge on any atom is -0.367 e. The maximum Gasteiger partial charge on any atom is 0.324 e. The molecule has 0 spiro atoms. The molecule has 0 fully saturated rings. The summed E-state index contributed by atoms with van der Waals surface area (Å²) in [5, 5.41) is 14.1. The molecule has 0 aromatic carbocycles. The standard InChI is InChI=1S/C15H12N2O6S/c18-9-5-22-3-7-13(9)15(11-1-2-12(24-11)17(20)21)14-8(16-7)4-23-6-10(14)19/h1-2,15-16H,3-6H2. The number of thiophene rings is 1. The first-order chi connectivity index (χ1) is 11.6. The zero-order chi connectivity index (χ0) is 16.8. The lowest BCUT2D eigenvalue weighted by Crippen LogP contribution is -2.41. The Bertz CT molecular complexity index is 795. The van der Waals surface area contributed by atoms with Crippen molar-refractivity contribution in [2.75, 3.05) is 26.4 Å². The molecular formula is C15H12N2O6S. The first-order valence-electron chi connectivity index (χ1n) is 7.25. The highest BCUT2D eigenvalue weighted by Gasteiger charge is 2.42. The maximum atomic E-state index is 12.4. The predicted molar refractivity (Wildman–Crippen MR) is 82.6 cm³/mol. The van der Waals surface area contributed by atoms with Gasteiger partial charge in [0.25, 0.3) is 0 Å². The minimum atomic E-state index is -0.595. The summed E-state index contributed by atoms with van der Waals surface area (Å²) < 4.78 is 10.5. The number of nitrogens with one attached hydrogen (secondary N) is 1. The molecule has 4 heterocycles. The largest absolute Gasteiger partial charge is 0.367 e. The fraction of sp³-hybridized carbons (Fsp3) is 0.333. The fourth-order valence-electron chi connectivity index (χ4n) is 3.22. The highest BCUT2D eigenvalue weighted by molar-refractivity contribution is 7.15. The van der Waals surface area contributed by atoms with E-state index in [9.17, 15) is 19.7 Å². The Balaban J connectivity index is 1.88. The van der Waals surface area contributed by atoms with Crippen LogP contribution in [0.25, 0.3) is 0 Å². The molecule has 1 aromatic heterocycles. The first kappa shape index (κ1) is 15.2. The molecule has 8 nitrogen and oxygen atoms in total. The zero-order valence-corrected chi connectivity index (χ0v) is 13.2. The maximum absolute atomic E-state index is 12.4. The summed E-state index contributed by atoms with van der Waals surface area (Å²) in [5.74, 6) is -1.02. The van der Waals surface area contributed by atoms with Crippen molar-refractivity contribution in [3.05, 3.63) is 49.7 Å². The van der Waals surface area contributed by atoms with Gasteiger partial charge in [0.2, 0.25) is 0 Å². The molecule has 0 bridgehead atoms. The van der Waals surface area contributed by atoms with Crippen molar-refractivity contribution in [1.29, 1.82) is 0 Å². The third kappa shape index (κ3) is 2.29. The topological polar surface area (TPSA) is 108 Å². The monoisotopic (exact) mass is 348 g/mol. The average Bonchev–Trinajstić information content (AvgIpc) is 3.03. The molecule has 1 aromatic rings. The van der Waals surface area contributed by atoms with Gasteiger partial charge < -0.3 is 14.8 Å². The molecule has 0 atom stereocenters. The van der Waals surface area contributed by atoms with E-state index in [4.69, 9.17) is 9.47 Å². The van der Waals surface area contributed by atoms with E-state index in [1.54, 1.807) is 6.07 Å². The molecule has 0 unspecified atom stereocenters. The Morgan fingerprint density at radius 2 is 1.62 bits per heavy atom. The lowest BCUT2D eigenvalue weighted by molar-refractivity contribution is -0.380. The second-order valence-corrected chi connectivity index (χ2v) is 6.70. The van der Waals surface area contributed by atoms with Crippen molar-refractivity contribution >= 4 is 27.9 Å². The molecule has 0 saturated heterocycles. The van der Waals surface area contributed by atoms with Crippen molar-refractivity contribution in [2.45, 2.75) is 5.92 Å². The molecule has 1 N–H and O–H groups in total. The highest BCUT2D eigenvalue weighted by atomic mass is 32.1. The Morgan fingerprint density at radius 3 is 2.12 bits per heavy atom. The van der Waals surface area contributed by atoms with E-state index >= 15 is 0 Å². The van der Waals surface area contributed by atoms with Crippen LogP contribution in [0, 0.1) is 10.1 Å². The number of dihydropyridines is 1. The van der Waals surface area contributed by atoms with Crippen LogP contribution in [0.4, 0.5) is 5.00 Å². The summed E-state index contributed by atoms with van der Waals surface area (Å²) in [7, 11) is 0. The SMILES string of the molecule is O=C1COCC2=C1C(c1ccc([N+](=O)[O-])s1)C1=C(COCC1=O)N2. The number of carbonyl (C=O) groups excluding carboxylic acids is 2. The molecule has 3 aliphatic heterocycles. The number of nitro groups is 1. The smallest absolute Gasteiger partial charge is 0.324 e. The van der Waals surface area contributed by atoms with Gasteiger partial charge in [-0.25, -0.2) is 0 Å². The number of carbonyl (C=O) groups is 2. The van der Waals surface area contributed by atoms with Gasteiger partial charge in [-0.2, -0.15) is 0 Å². The van der Waals surface area contributed by atoms with Gasteiger partial charge in [-0.15, -0.1) is 0 Å². The minimum absolute atomic E-state index is 0.0214. The van der Waals surface area contributed by atoms with Crippen molar-refractivity contribution < 1.29 is 24.0 Å². The summed E-state index contributed by atoms with van der Waals surface area (Å²) in [5.41, 5.74) is 2.13. The van der Waals surface area contributed by atoms with E-state index in [2.05, 4.69) is 5.32 Å². The number of ether oxygens (including phenoxy) is 2. The molecule has 0 saturated carbocycles. The molecule has 0 aliphatic carbocycles. The number of hydrogen-bond donors (Lipinski definition) is 1. The van der Waals surface area contributed by atoms with E-state index in [0.29, 0.717) is 27.4 Å². The van der Waals surface area contributed by atoms with Crippen LogP contribution in [0.2, 0.25) is 0 Å². The van der Waals surface area contributed by atoms with Gasteiger partial charge in [0.1, 0.15) is 13.2 Å². The Morgan fingerprint density at radius 1 is 1.04 bits per heavy atom. The molecule has 3 aliphatic rings. The number of hydrogen-bond acceptors (Lipinski definition) is 8. The van der Waals surface area contributed by atoms with Gasteiger partial charge in [-0.3, -0.25) is 19.7 Å². The van der Waals surface area contributed by atoms with Crippen LogP contribution in [0.5, 0.6) is 0 Å². The third-order valence-corrected chi connectivity index (χ3v) is 5.27. The van der Waals surface area contributed by atoms with Gasteiger partial charge in [-0.1, -0.05) is 11.3 Å². The summed E-state index contributed by atoms with van der Waals surface area (Å²) in [6, 6.07) is 3.01. The van der Waals surface area contributed by atoms with Gasteiger partial charge in [-0.05, 0) is 6.07 Å². The van der Waals surface area contributed by atoms with Crippen molar-refractivity contribution in [3.63, 3.8) is 0 Å². The molecule has 0 radical (unpaired) electrons. The van der Waals surface area contributed by atoms with E-state index in [-0.39, 0.29) is 43.0 Å². The normalized spacial score (nSPS) is 21.5.